The maximum absolute atomic E-state index is 11.7. The van der Waals surface area contributed by atoms with E-state index in [0.717, 1.165) is 18.7 Å². The number of nitrogens with zero attached hydrogens (tertiary/aromatic N) is 4. The Bertz CT molecular complexity index is 579. The molecule has 0 aliphatic rings. The Morgan fingerprint density at radius 1 is 1.53 bits per heavy atom. The molecule has 0 aliphatic heterocycles. The van der Waals surface area contributed by atoms with Crippen molar-refractivity contribution >= 4 is 17.3 Å². The van der Waals surface area contributed by atoms with Gasteiger partial charge in [-0.1, -0.05) is 11.6 Å². The summed E-state index contributed by atoms with van der Waals surface area (Å²) in [5, 5.41) is 13.9. The van der Waals surface area contributed by atoms with Crippen LogP contribution in [0.1, 0.15) is 19.2 Å². The molecule has 0 aliphatic carbocycles. The van der Waals surface area contributed by atoms with Crippen LogP contribution in [0.2, 0.25) is 5.02 Å². The molecule has 7 nitrogen and oxygen atoms in total. The van der Waals surface area contributed by atoms with Gasteiger partial charge in [0, 0.05) is 19.5 Å². The highest BCUT2D eigenvalue weighted by Gasteiger charge is 2.07. The van der Waals surface area contributed by atoms with Gasteiger partial charge in [0.1, 0.15) is 17.2 Å². The summed E-state index contributed by atoms with van der Waals surface area (Å²) in [4.78, 5) is 15.8. The second-order valence-electron chi connectivity index (χ2n) is 3.96. The number of H-pyrrole nitrogens is 1. The predicted octanol–water partition coefficient (Wildman–Crippen LogP) is 1.08. The smallest absolute Gasteiger partial charge is 0.287 e. The van der Waals surface area contributed by atoms with Gasteiger partial charge in [-0.3, -0.25) is 9.89 Å². The fraction of sp³-hybridized carbons (Fsp3) is 0.455. The van der Waals surface area contributed by atoms with Gasteiger partial charge in [0.05, 0.1) is 11.9 Å². The molecule has 2 N–H and O–H groups in total. The second-order valence-corrected chi connectivity index (χ2v) is 4.33. The highest BCUT2D eigenvalue weighted by atomic mass is 35.5. The molecule has 8 heteroatoms. The fourth-order valence-electron chi connectivity index (χ4n) is 1.64. The Labute approximate surface area is 115 Å². The molecular formula is C11H15ClN6O. The van der Waals surface area contributed by atoms with Crippen LogP contribution in [0.5, 0.6) is 0 Å². The molecule has 2 heterocycles. The van der Waals surface area contributed by atoms with E-state index in [1.54, 1.807) is 6.20 Å². The Morgan fingerprint density at radius 3 is 3.05 bits per heavy atom. The lowest BCUT2D eigenvalue weighted by Crippen LogP contribution is -2.23. The minimum Gasteiger partial charge on any atom is -0.382 e. The molecule has 0 atom stereocenters. The van der Waals surface area contributed by atoms with Crippen LogP contribution in [-0.2, 0) is 13.0 Å². The Morgan fingerprint density at radius 2 is 2.37 bits per heavy atom. The van der Waals surface area contributed by atoms with E-state index in [4.69, 9.17) is 11.6 Å². The first-order valence-electron chi connectivity index (χ1n) is 6.06. The van der Waals surface area contributed by atoms with Crippen LogP contribution in [0.25, 0.3) is 0 Å². The van der Waals surface area contributed by atoms with Crippen LogP contribution in [0, 0.1) is 0 Å². The summed E-state index contributed by atoms with van der Waals surface area (Å²) < 4.78 is 1.32. The third kappa shape index (κ3) is 3.31. The minimum absolute atomic E-state index is 0.177. The van der Waals surface area contributed by atoms with Crippen LogP contribution >= 0.6 is 11.6 Å². The van der Waals surface area contributed by atoms with Gasteiger partial charge < -0.3 is 5.32 Å². The van der Waals surface area contributed by atoms with Crippen molar-refractivity contribution in [3.05, 3.63) is 33.7 Å². The molecule has 0 saturated heterocycles. The zero-order valence-electron chi connectivity index (χ0n) is 10.6. The number of rotatable bonds is 6. The molecule has 0 amide bonds. The van der Waals surface area contributed by atoms with Crippen LogP contribution < -0.4 is 10.9 Å². The number of hydrogen-bond donors (Lipinski definition) is 2. The summed E-state index contributed by atoms with van der Waals surface area (Å²) in [6.07, 6.45) is 4.68. The predicted molar refractivity (Wildman–Crippen MR) is 72.4 cm³/mol. The van der Waals surface area contributed by atoms with Gasteiger partial charge in [0.15, 0.2) is 0 Å². The Hall–Kier alpha value is -1.89. The maximum Gasteiger partial charge on any atom is 0.287 e. The van der Waals surface area contributed by atoms with E-state index in [1.165, 1.54) is 11.0 Å². The van der Waals surface area contributed by atoms with Crippen molar-refractivity contribution in [2.24, 2.45) is 0 Å². The van der Waals surface area contributed by atoms with Crippen LogP contribution in [-0.4, -0.2) is 31.5 Å². The summed E-state index contributed by atoms with van der Waals surface area (Å²) in [7, 11) is 0. The lowest BCUT2D eigenvalue weighted by molar-refractivity contribution is 0.616. The highest BCUT2D eigenvalue weighted by Crippen LogP contribution is 2.15. The van der Waals surface area contributed by atoms with Gasteiger partial charge in [-0.15, -0.1) is 0 Å². The van der Waals surface area contributed by atoms with Gasteiger partial charge >= 0.3 is 0 Å². The molecule has 0 unspecified atom stereocenters. The average Bonchev–Trinajstić information content (AvgIpc) is 2.92. The molecule has 102 valence electrons. The van der Waals surface area contributed by atoms with Crippen LogP contribution in [0.15, 0.2) is 17.3 Å². The quantitative estimate of drug-likeness (QED) is 0.774. The van der Waals surface area contributed by atoms with Gasteiger partial charge in [-0.25, -0.2) is 9.67 Å². The van der Waals surface area contributed by atoms with Crippen molar-refractivity contribution in [1.29, 1.82) is 0 Å². The standard InChI is InChI=1S/C11H15ClN6O/c1-2-18-11(19)10(12)8(6-16-18)13-5-3-4-9-14-7-15-17-9/h6-7,13H,2-5H2,1H3,(H,14,15,17). The molecule has 2 aromatic heterocycles. The third-order valence-corrected chi connectivity index (χ3v) is 3.02. The molecular weight excluding hydrogens is 268 g/mol. The van der Waals surface area contributed by atoms with E-state index in [2.05, 4.69) is 25.6 Å². The number of hydrogen-bond acceptors (Lipinski definition) is 5. The topological polar surface area (TPSA) is 88.5 Å². The molecule has 0 fully saturated rings. The number of aromatic amines is 1. The number of aryl methyl sites for hydroxylation is 2. The summed E-state index contributed by atoms with van der Waals surface area (Å²) in [6.45, 7) is 3.03. The van der Waals surface area contributed by atoms with Crippen molar-refractivity contribution in [1.82, 2.24) is 25.0 Å². The number of halogens is 1. The number of anilines is 1. The monoisotopic (exact) mass is 282 g/mol. The van der Waals surface area contributed by atoms with E-state index >= 15 is 0 Å². The number of aromatic nitrogens is 5. The molecule has 2 aromatic rings. The van der Waals surface area contributed by atoms with Gasteiger partial charge in [0.25, 0.3) is 5.56 Å². The molecule has 0 aromatic carbocycles. The summed E-state index contributed by atoms with van der Waals surface area (Å²) >= 11 is 5.99. The molecule has 19 heavy (non-hydrogen) atoms. The molecule has 2 rings (SSSR count). The number of nitrogens with one attached hydrogen (secondary N) is 2. The van der Waals surface area contributed by atoms with E-state index in [9.17, 15) is 4.79 Å². The van der Waals surface area contributed by atoms with Crippen molar-refractivity contribution < 1.29 is 0 Å². The van der Waals surface area contributed by atoms with Crippen LogP contribution in [0.4, 0.5) is 5.69 Å². The van der Waals surface area contributed by atoms with E-state index in [1.807, 2.05) is 6.92 Å². The van der Waals surface area contributed by atoms with Crippen molar-refractivity contribution in [3.63, 3.8) is 0 Å². The molecule has 0 saturated carbocycles. The zero-order valence-corrected chi connectivity index (χ0v) is 11.3. The summed E-state index contributed by atoms with van der Waals surface area (Å²) in [6, 6.07) is 0. The first kappa shape index (κ1) is 13.5. The maximum atomic E-state index is 11.7. The van der Waals surface area contributed by atoms with Crippen molar-refractivity contribution in [2.75, 3.05) is 11.9 Å². The normalized spacial score (nSPS) is 10.6. The average molecular weight is 283 g/mol. The van der Waals surface area contributed by atoms with Gasteiger partial charge in [0.2, 0.25) is 0 Å². The summed E-state index contributed by atoms with van der Waals surface area (Å²) in [5.41, 5.74) is 0.290. The Balaban J connectivity index is 1.89. The first-order chi connectivity index (χ1) is 9.22. The highest BCUT2D eigenvalue weighted by molar-refractivity contribution is 6.32. The molecule has 0 radical (unpaired) electrons. The minimum atomic E-state index is -0.274. The SMILES string of the molecule is CCn1ncc(NCCCc2ncn[nH]2)c(Cl)c1=O. The molecule has 0 spiro atoms. The second kappa shape index (κ2) is 6.33. The lowest BCUT2D eigenvalue weighted by Gasteiger charge is -2.08. The fourth-order valence-corrected chi connectivity index (χ4v) is 1.86. The van der Waals surface area contributed by atoms with E-state index < -0.39 is 0 Å². The molecule has 0 bridgehead atoms. The van der Waals surface area contributed by atoms with Gasteiger partial charge in [-0.2, -0.15) is 10.2 Å². The largest absolute Gasteiger partial charge is 0.382 e. The van der Waals surface area contributed by atoms with Gasteiger partial charge in [-0.05, 0) is 13.3 Å². The zero-order chi connectivity index (χ0) is 13.7. The van der Waals surface area contributed by atoms with Crippen molar-refractivity contribution in [2.45, 2.75) is 26.3 Å². The van der Waals surface area contributed by atoms with E-state index in [0.29, 0.717) is 18.8 Å². The summed E-state index contributed by atoms with van der Waals surface area (Å²) in [5.74, 6) is 0.840. The van der Waals surface area contributed by atoms with Crippen molar-refractivity contribution in [3.8, 4) is 0 Å². The Kier molecular flexibility index (Phi) is 4.51. The first-order valence-corrected chi connectivity index (χ1v) is 6.44. The van der Waals surface area contributed by atoms with E-state index in [-0.39, 0.29) is 10.6 Å². The van der Waals surface area contributed by atoms with Crippen LogP contribution in [0.3, 0.4) is 0 Å². The lowest BCUT2D eigenvalue weighted by atomic mass is 10.3. The third-order valence-electron chi connectivity index (χ3n) is 2.66.